The second-order valence-corrected chi connectivity index (χ2v) is 4.87. The second-order valence-electron chi connectivity index (χ2n) is 4.87. The number of rotatable bonds is 3. The number of para-hydroxylation sites is 1. The molecule has 2 N–H and O–H groups in total. The monoisotopic (exact) mass is 293 g/mol. The molecule has 0 aliphatic rings. The molecule has 0 spiro atoms. The molecule has 0 saturated carbocycles. The number of carbonyl (C=O) groups is 1. The molecule has 0 fully saturated rings. The third kappa shape index (κ3) is 2.69. The van der Waals surface area contributed by atoms with Crippen molar-refractivity contribution < 1.29 is 9.90 Å². The molecular formula is C17H15N3O2. The Morgan fingerprint density at radius 1 is 1.14 bits per heavy atom. The maximum atomic E-state index is 11.0. The van der Waals surface area contributed by atoms with Crippen molar-refractivity contribution in [3.8, 4) is 22.8 Å². The normalized spacial score (nSPS) is 10.4. The van der Waals surface area contributed by atoms with Crippen LogP contribution in [0.4, 0.5) is 5.69 Å². The molecule has 1 amide bonds. The Labute approximate surface area is 127 Å². The lowest BCUT2D eigenvalue weighted by Gasteiger charge is -2.10. The zero-order valence-electron chi connectivity index (χ0n) is 12.0. The van der Waals surface area contributed by atoms with Crippen LogP contribution < -0.4 is 5.32 Å². The number of nitrogens with zero attached hydrogens (tertiary/aromatic N) is 2. The fourth-order valence-corrected chi connectivity index (χ4v) is 2.28. The third-order valence-corrected chi connectivity index (χ3v) is 3.25. The van der Waals surface area contributed by atoms with Gasteiger partial charge in [0.1, 0.15) is 11.6 Å². The van der Waals surface area contributed by atoms with Crippen LogP contribution in [0, 0.1) is 0 Å². The van der Waals surface area contributed by atoms with Crippen LogP contribution in [0.2, 0.25) is 0 Å². The first-order valence-corrected chi connectivity index (χ1v) is 6.85. The van der Waals surface area contributed by atoms with Crippen LogP contribution in [0.15, 0.2) is 60.9 Å². The number of amides is 1. The van der Waals surface area contributed by atoms with Crippen molar-refractivity contribution in [2.24, 2.45) is 0 Å². The van der Waals surface area contributed by atoms with Crippen LogP contribution in [0.5, 0.6) is 5.75 Å². The zero-order chi connectivity index (χ0) is 15.5. The van der Waals surface area contributed by atoms with E-state index in [1.807, 2.05) is 47.2 Å². The van der Waals surface area contributed by atoms with Gasteiger partial charge < -0.3 is 10.4 Å². The van der Waals surface area contributed by atoms with Crippen LogP contribution in [0.1, 0.15) is 6.92 Å². The van der Waals surface area contributed by atoms with Gasteiger partial charge in [0, 0.05) is 30.7 Å². The smallest absolute Gasteiger partial charge is 0.221 e. The van der Waals surface area contributed by atoms with Crippen molar-refractivity contribution in [3.05, 3.63) is 60.9 Å². The van der Waals surface area contributed by atoms with E-state index in [0.717, 1.165) is 11.4 Å². The van der Waals surface area contributed by atoms with E-state index in [9.17, 15) is 9.90 Å². The molecule has 3 aromatic rings. The first-order chi connectivity index (χ1) is 10.6. The van der Waals surface area contributed by atoms with Gasteiger partial charge in [-0.2, -0.15) is 0 Å². The summed E-state index contributed by atoms with van der Waals surface area (Å²) in [7, 11) is 0. The number of aromatic hydroxyl groups is 1. The van der Waals surface area contributed by atoms with Gasteiger partial charge in [-0.05, 0) is 36.4 Å². The molecule has 3 rings (SSSR count). The molecule has 0 bridgehead atoms. The number of nitrogens with one attached hydrogen (secondary N) is 1. The summed E-state index contributed by atoms with van der Waals surface area (Å²) in [5.74, 6) is 0.737. The van der Waals surface area contributed by atoms with E-state index in [2.05, 4.69) is 10.3 Å². The first-order valence-electron chi connectivity index (χ1n) is 6.85. The van der Waals surface area contributed by atoms with Crippen LogP contribution >= 0.6 is 0 Å². The molecule has 0 radical (unpaired) electrons. The van der Waals surface area contributed by atoms with Crippen molar-refractivity contribution in [1.29, 1.82) is 0 Å². The summed E-state index contributed by atoms with van der Waals surface area (Å²) >= 11 is 0. The van der Waals surface area contributed by atoms with Gasteiger partial charge in [0.2, 0.25) is 5.91 Å². The summed E-state index contributed by atoms with van der Waals surface area (Å²) < 4.78 is 1.88. The van der Waals surface area contributed by atoms with Gasteiger partial charge in [-0.3, -0.25) is 9.36 Å². The highest BCUT2D eigenvalue weighted by molar-refractivity contribution is 5.88. The lowest BCUT2D eigenvalue weighted by Crippen LogP contribution is -2.05. The molecule has 5 heteroatoms. The molecule has 2 aromatic carbocycles. The van der Waals surface area contributed by atoms with E-state index in [4.69, 9.17) is 0 Å². The lowest BCUT2D eigenvalue weighted by atomic mass is 10.2. The Morgan fingerprint density at radius 3 is 2.55 bits per heavy atom. The highest BCUT2D eigenvalue weighted by atomic mass is 16.3. The van der Waals surface area contributed by atoms with Crippen molar-refractivity contribution in [1.82, 2.24) is 9.55 Å². The summed E-state index contributed by atoms with van der Waals surface area (Å²) in [6.07, 6.45) is 3.51. The maximum Gasteiger partial charge on any atom is 0.221 e. The Bertz CT molecular complexity index is 807. The number of anilines is 1. The van der Waals surface area contributed by atoms with Gasteiger partial charge >= 0.3 is 0 Å². The number of hydrogen-bond acceptors (Lipinski definition) is 3. The van der Waals surface area contributed by atoms with Gasteiger partial charge in [0.25, 0.3) is 0 Å². The molecule has 0 aliphatic heterocycles. The van der Waals surface area contributed by atoms with E-state index in [1.165, 1.54) is 6.92 Å². The number of benzene rings is 2. The van der Waals surface area contributed by atoms with Crippen molar-refractivity contribution in [2.75, 3.05) is 5.32 Å². The quantitative estimate of drug-likeness (QED) is 0.779. The van der Waals surface area contributed by atoms with Crippen LogP contribution in [-0.4, -0.2) is 20.6 Å². The molecule has 5 nitrogen and oxygen atoms in total. The summed E-state index contributed by atoms with van der Waals surface area (Å²) in [4.78, 5) is 15.4. The van der Waals surface area contributed by atoms with Gasteiger partial charge in [0.15, 0.2) is 0 Å². The van der Waals surface area contributed by atoms with E-state index in [1.54, 1.807) is 18.3 Å². The molecule has 22 heavy (non-hydrogen) atoms. The minimum Gasteiger partial charge on any atom is -0.507 e. The minimum atomic E-state index is -0.106. The SMILES string of the molecule is CC(=O)Nc1ccc(-n2ccnc2-c2ccccc2O)cc1. The standard InChI is InChI=1S/C17H15N3O2/c1-12(21)19-13-6-8-14(9-7-13)20-11-10-18-17(20)15-4-2-3-5-16(15)22/h2-11,22H,1H3,(H,19,21). The van der Waals surface area contributed by atoms with E-state index in [-0.39, 0.29) is 11.7 Å². The predicted molar refractivity (Wildman–Crippen MR) is 85.0 cm³/mol. The zero-order valence-corrected chi connectivity index (χ0v) is 12.0. The fourth-order valence-electron chi connectivity index (χ4n) is 2.28. The van der Waals surface area contributed by atoms with Crippen molar-refractivity contribution in [3.63, 3.8) is 0 Å². The predicted octanol–water partition coefficient (Wildman–Crippen LogP) is 3.20. The topological polar surface area (TPSA) is 67.2 Å². The van der Waals surface area contributed by atoms with Crippen molar-refractivity contribution in [2.45, 2.75) is 6.92 Å². The largest absolute Gasteiger partial charge is 0.507 e. The van der Waals surface area contributed by atoms with Crippen LogP contribution in [0.3, 0.4) is 0 Å². The van der Waals surface area contributed by atoms with Gasteiger partial charge in [0.05, 0.1) is 5.56 Å². The van der Waals surface area contributed by atoms with E-state index < -0.39 is 0 Å². The van der Waals surface area contributed by atoms with E-state index >= 15 is 0 Å². The molecule has 0 atom stereocenters. The van der Waals surface area contributed by atoms with Gasteiger partial charge in [-0.25, -0.2) is 4.98 Å². The van der Waals surface area contributed by atoms with Crippen LogP contribution in [0.25, 0.3) is 17.1 Å². The summed E-state index contributed by atoms with van der Waals surface area (Å²) in [6, 6.07) is 14.5. The molecule has 110 valence electrons. The summed E-state index contributed by atoms with van der Waals surface area (Å²) in [5.41, 5.74) is 2.30. The number of hydrogen-bond donors (Lipinski definition) is 2. The van der Waals surface area contributed by atoms with E-state index in [0.29, 0.717) is 11.4 Å². The molecule has 0 unspecified atom stereocenters. The highest BCUT2D eigenvalue weighted by Crippen LogP contribution is 2.29. The van der Waals surface area contributed by atoms with Gasteiger partial charge in [-0.1, -0.05) is 12.1 Å². The number of aromatic nitrogens is 2. The summed E-state index contributed by atoms with van der Waals surface area (Å²) in [5, 5.41) is 12.7. The Kier molecular flexibility index (Phi) is 3.62. The highest BCUT2D eigenvalue weighted by Gasteiger charge is 2.11. The molecule has 1 heterocycles. The Morgan fingerprint density at radius 2 is 1.86 bits per heavy atom. The molecule has 0 saturated heterocycles. The number of phenolic OH excluding ortho intramolecular Hbond substituents is 1. The molecular weight excluding hydrogens is 278 g/mol. The first kappa shape index (κ1) is 13.9. The second kappa shape index (κ2) is 5.73. The number of imidazole rings is 1. The van der Waals surface area contributed by atoms with Crippen LogP contribution in [-0.2, 0) is 4.79 Å². The fraction of sp³-hybridized carbons (Fsp3) is 0.0588. The number of phenols is 1. The number of carbonyl (C=O) groups excluding carboxylic acids is 1. The Balaban J connectivity index is 1.99. The Hall–Kier alpha value is -3.08. The average molecular weight is 293 g/mol. The summed E-state index contributed by atoms with van der Waals surface area (Å²) in [6.45, 7) is 1.47. The lowest BCUT2D eigenvalue weighted by molar-refractivity contribution is -0.114. The van der Waals surface area contributed by atoms with Crippen molar-refractivity contribution >= 4 is 11.6 Å². The maximum absolute atomic E-state index is 11.0. The molecule has 1 aromatic heterocycles. The van der Waals surface area contributed by atoms with Gasteiger partial charge in [-0.15, -0.1) is 0 Å². The minimum absolute atomic E-state index is 0.106. The molecule has 0 aliphatic carbocycles. The average Bonchev–Trinajstić information content (AvgIpc) is 2.97. The third-order valence-electron chi connectivity index (χ3n) is 3.25.